The van der Waals surface area contributed by atoms with Crippen LogP contribution in [0.4, 0.5) is 20.2 Å². The molecule has 0 radical (unpaired) electrons. The lowest BCUT2D eigenvalue weighted by Gasteiger charge is -2.13. The van der Waals surface area contributed by atoms with Crippen LogP contribution >= 0.6 is 0 Å². The predicted molar refractivity (Wildman–Crippen MR) is 89.4 cm³/mol. The van der Waals surface area contributed by atoms with Crippen LogP contribution in [0.25, 0.3) is 0 Å². The molecule has 0 unspecified atom stereocenters. The molecule has 0 saturated heterocycles. The number of hydrogen-bond donors (Lipinski definition) is 1. The molecule has 0 saturated carbocycles. The van der Waals surface area contributed by atoms with Crippen molar-refractivity contribution in [3.8, 4) is 17.6 Å². The topological polar surface area (TPSA) is 97.4 Å². The summed E-state index contributed by atoms with van der Waals surface area (Å²) < 4.78 is 34.5. The molecule has 136 valence electrons. The summed E-state index contributed by atoms with van der Waals surface area (Å²) in [5, 5.41) is 22.9. The molecule has 0 aliphatic rings. The Kier molecular flexibility index (Phi) is 6.27. The van der Waals surface area contributed by atoms with Crippen molar-refractivity contribution in [1.29, 1.82) is 5.26 Å². The number of ether oxygens (including phenoxy) is 2. The highest BCUT2D eigenvalue weighted by Gasteiger charge is 2.15. The average Bonchev–Trinajstić information content (AvgIpc) is 2.61. The zero-order chi connectivity index (χ0) is 19.1. The molecule has 0 aliphatic heterocycles. The summed E-state index contributed by atoms with van der Waals surface area (Å²) in [6.45, 7) is -0.823. The molecular formula is C17H15F2N3O4. The lowest BCUT2D eigenvalue weighted by Crippen LogP contribution is -2.06. The molecule has 2 aromatic carbocycles. The zero-order valence-electron chi connectivity index (χ0n) is 13.7. The summed E-state index contributed by atoms with van der Waals surface area (Å²) in [4.78, 5) is 10.5. The van der Waals surface area contributed by atoms with Gasteiger partial charge in [0.2, 0.25) is 0 Å². The third kappa shape index (κ3) is 4.80. The lowest BCUT2D eigenvalue weighted by atomic mass is 10.1. The van der Waals surface area contributed by atoms with Crippen LogP contribution in [0, 0.1) is 21.4 Å². The fraction of sp³-hybridized carbons (Fsp3) is 0.235. The first kappa shape index (κ1) is 18.9. The molecule has 0 aromatic heterocycles. The van der Waals surface area contributed by atoms with Crippen molar-refractivity contribution in [2.45, 2.75) is 20.1 Å². The van der Waals surface area contributed by atoms with E-state index in [1.165, 1.54) is 30.3 Å². The minimum Gasteiger partial charge on any atom is -0.490 e. The summed E-state index contributed by atoms with van der Waals surface area (Å²) in [6, 6.07) is 10.3. The van der Waals surface area contributed by atoms with E-state index in [0.29, 0.717) is 5.56 Å². The molecular weight excluding hydrogens is 348 g/mol. The van der Waals surface area contributed by atoms with Gasteiger partial charge in [0.15, 0.2) is 11.5 Å². The second-order valence-electron chi connectivity index (χ2n) is 5.05. The van der Waals surface area contributed by atoms with E-state index in [9.17, 15) is 18.9 Å². The number of anilines is 1. The van der Waals surface area contributed by atoms with Crippen LogP contribution in [0.5, 0.6) is 11.5 Å². The Morgan fingerprint density at radius 3 is 2.65 bits per heavy atom. The van der Waals surface area contributed by atoms with Gasteiger partial charge in [-0.15, -0.1) is 0 Å². The Morgan fingerprint density at radius 1 is 1.27 bits per heavy atom. The second-order valence-corrected chi connectivity index (χ2v) is 5.05. The number of nitriles is 1. The third-order valence-electron chi connectivity index (χ3n) is 3.33. The van der Waals surface area contributed by atoms with Gasteiger partial charge < -0.3 is 14.8 Å². The Hall–Kier alpha value is -3.41. The highest BCUT2D eigenvalue weighted by Crippen LogP contribution is 2.31. The molecule has 26 heavy (non-hydrogen) atoms. The molecule has 0 fully saturated rings. The van der Waals surface area contributed by atoms with Gasteiger partial charge in [-0.25, -0.2) is 0 Å². The van der Waals surface area contributed by atoms with Crippen molar-refractivity contribution >= 4 is 11.4 Å². The van der Waals surface area contributed by atoms with Gasteiger partial charge in [-0.3, -0.25) is 10.1 Å². The summed E-state index contributed by atoms with van der Waals surface area (Å²) >= 11 is 0. The first-order valence-electron chi connectivity index (χ1n) is 7.57. The van der Waals surface area contributed by atoms with Gasteiger partial charge in [0.25, 0.3) is 5.69 Å². The van der Waals surface area contributed by atoms with E-state index in [2.05, 4.69) is 10.1 Å². The van der Waals surface area contributed by atoms with Crippen LogP contribution in [0.15, 0.2) is 36.4 Å². The van der Waals surface area contributed by atoms with Crippen molar-refractivity contribution in [1.82, 2.24) is 0 Å². The van der Waals surface area contributed by atoms with Crippen molar-refractivity contribution in [3.63, 3.8) is 0 Å². The van der Waals surface area contributed by atoms with E-state index < -0.39 is 11.5 Å². The number of hydrogen-bond acceptors (Lipinski definition) is 6. The Morgan fingerprint density at radius 2 is 2.04 bits per heavy atom. The molecule has 0 aliphatic carbocycles. The lowest BCUT2D eigenvalue weighted by molar-refractivity contribution is -0.384. The molecule has 0 spiro atoms. The summed E-state index contributed by atoms with van der Waals surface area (Å²) in [5.41, 5.74) is 0.828. The number of halogens is 2. The maximum absolute atomic E-state index is 12.4. The van der Waals surface area contributed by atoms with Gasteiger partial charge in [0, 0.05) is 12.6 Å². The molecule has 7 nitrogen and oxygen atoms in total. The standard InChI is InChI=1S/C17H15F2N3O4/c1-2-25-16-8-12(4-6-15(16)26-17(18)19)10-21-13-5-3-11(9-20)7-14(13)22(23)24/h3-8,17,21H,2,10H2,1H3. The number of nitrogens with one attached hydrogen (secondary N) is 1. The fourth-order valence-corrected chi connectivity index (χ4v) is 2.22. The second kappa shape index (κ2) is 8.62. The Balaban J connectivity index is 2.20. The van der Waals surface area contributed by atoms with Crippen molar-refractivity contribution in [2.75, 3.05) is 11.9 Å². The number of alkyl halides is 2. The molecule has 0 atom stereocenters. The van der Waals surface area contributed by atoms with E-state index in [4.69, 9.17) is 10.00 Å². The molecule has 9 heteroatoms. The quantitative estimate of drug-likeness (QED) is 0.561. The molecule has 2 aromatic rings. The SMILES string of the molecule is CCOc1cc(CNc2ccc(C#N)cc2[N+](=O)[O-])ccc1OC(F)F. The van der Waals surface area contributed by atoms with Crippen molar-refractivity contribution in [2.24, 2.45) is 0 Å². The predicted octanol–water partition coefficient (Wildman–Crippen LogP) is 4.08. The van der Waals surface area contributed by atoms with Gasteiger partial charge in [0.1, 0.15) is 5.69 Å². The van der Waals surface area contributed by atoms with E-state index in [-0.39, 0.29) is 41.6 Å². The summed E-state index contributed by atoms with van der Waals surface area (Å²) in [7, 11) is 0. The zero-order valence-corrected chi connectivity index (χ0v) is 13.7. The molecule has 0 heterocycles. The monoisotopic (exact) mass is 363 g/mol. The number of benzene rings is 2. The molecule has 2 rings (SSSR count). The summed E-state index contributed by atoms with van der Waals surface area (Å²) in [6.07, 6.45) is 0. The average molecular weight is 363 g/mol. The molecule has 0 amide bonds. The summed E-state index contributed by atoms with van der Waals surface area (Å²) in [5.74, 6) is 0.0661. The Labute approximate surface area is 147 Å². The highest BCUT2D eigenvalue weighted by molar-refractivity contribution is 5.64. The minimum absolute atomic E-state index is 0.0880. The number of nitro benzene ring substituents is 1. The normalized spacial score (nSPS) is 10.3. The van der Waals surface area contributed by atoms with E-state index in [0.717, 1.165) is 0 Å². The van der Waals surface area contributed by atoms with E-state index in [1.54, 1.807) is 13.0 Å². The van der Waals surface area contributed by atoms with Crippen LogP contribution in [0.1, 0.15) is 18.1 Å². The van der Waals surface area contributed by atoms with Crippen molar-refractivity contribution < 1.29 is 23.2 Å². The number of rotatable bonds is 8. The first-order valence-corrected chi connectivity index (χ1v) is 7.57. The third-order valence-corrected chi connectivity index (χ3v) is 3.33. The fourth-order valence-electron chi connectivity index (χ4n) is 2.22. The van der Waals surface area contributed by atoms with Gasteiger partial charge >= 0.3 is 6.61 Å². The number of nitrogens with zero attached hydrogens (tertiary/aromatic N) is 2. The first-order chi connectivity index (χ1) is 12.4. The smallest absolute Gasteiger partial charge is 0.387 e. The Bertz CT molecular complexity index is 837. The molecule has 1 N–H and O–H groups in total. The van der Waals surface area contributed by atoms with Crippen LogP contribution in [0.2, 0.25) is 0 Å². The van der Waals surface area contributed by atoms with Gasteiger partial charge in [0.05, 0.1) is 23.2 Å². The largest absolute Gasteiger partial charge is 0.490 e. The van der Waals surface area contributed by atoms with E-state index >= 15 is 0 Å². The minimum atomic E-state index is -2.97. The van der Waals surface area contributed by atoms with Gasteiger partial charge in [-0.1, -0.05) is 6.07 Å². The van der Waals surface area contributed by atoms with Crippen LogP contribution in [0.3, 0.4) is 0 Å². The highest BCUT2D eigenvalue weighted by atomic mass is 19.3. The van der Waals surface area contributed by atoms with Crippen LogP contribution in [-0.4, -0.2) is 18.1 Å². The van der Waals surface area contributed by atoms with E-state index in [1.807, 2.05) is 6.07 Å². The maximum Gasteiger partial charge on any atom is 0.387 e. The van der Waals surface area contributed by atoms with Crippen LogP contribution < -0.4 is 14.8 Å². The van der Waals surface area contributed by atoms with Crippen molar-refractivity contribution in [3.05, 3.63) is 57.6 Å². The maximum atomic E-state index is 12.4. The molecule has 0 bridgehead atoms. The van der Waals surface area contributed by atoms with Crippen LogP contribution in [-0.2, 0) is 6.54 Å². The number of nitro groups is 1. The van der Waals surface area contributed by atoms with Gasteiger partial charge in [-0.05, 0) is 36.8 Å². The van der Waals surface area contributed by atoms with Gasteiger partial charge in [-0.2, -0.15) is 14.0 Å².